The van der Waals surface area contributed by atoms with Gasteiger partial charge in [-0.25, -0.2) is 0 Å². The Kier molecular flexibility index (Phi) is 3.08. The van der Waals surface area contributed by atoms with E-state index in [1.807, 2.05) is 18.2 Å². The zero-order valence-electron chi connectivity index (χ0n) is 9.96. The van der Waals surface area contributed by atoms with Crippen LogP contribution in [-0.2, 0) is 0 Å². The highest BCUT2D eigenvalue weighted by Crippen LogP contribution is 2.32. The van der Waals surface area contributed by atoms with Crippen molar-refractivity contribution in [2.75, 3.05) is 7.11 Å². The minimum atomic E-state index is 0.335. The molecule has 0 unspecified atom stereocenters. The lowest BCUT2D eigenvalue weighted by Gasteiger charge is -2.04. The van der Waals surface area contributed by atoms with E-state index < -0.39 is 0 Å². The predicted molar refractivity (Wildman–Crippen MR) is 71.7 cm³/mol. The van der Waals surface area contributed by atoms with Crippen molar-refractivity contribution in [1.29, 1.82) is 0 Å². The Morgan fingerprint density at radius 2 is 2.16 bits per heavy atom. The Bertz CT molecular complexity index is 692. The first-order valence-corrected chi connectivity index (χ1v) is 6.29. The Morgan fingerprint density at radius 1 is 1.26 bits per heavy atom. The summed E-state index contributed by atoms with van der Waals surface area (Å²) >= 11 is 3.41. The number of furan rings is 1. The standard InChI is InChI=1S/C13H9BrN2O3/c1-17-10-5-4-8(14)7-9(10)12-15-13(19-16-12)11-3-2-6-18-11/h2-7H,1H3. The average molecular weight is 321 g/mol. The fourth-order valence-corrected chi connectivity index (χ4v) is 2.05. The zero-order chi connectivity index (χ0) is 13.2. The number of benzene rings is 1. The van der Waals surface area contributed by atoms with Gasteiger partial charge < -0.3 is 13.7 Å². The zero-order valence-corrected chi connectivity index (χ0v) is 11.5. The van der Waals surface area contributed by atoms with Crippen molar-refractivity contribution in [3.05, 3.63) is 41.1 Å². The van der Waals surface area contributed by atoms with Crippen LogP contribution in [0.3, 0.4) is 0 Å². The Balaban J connectivity index is 2.06. The van der Waals surface area contributed by atoms with Crippen molar-refractivity contribution in [3.63, 3.8) is 0 Å². The van der Waals surface area contributed by atoms with Gasteiger partial charge in [0.15, 0.2) is 5.76 Å². The molecule has 0 aliphatic carbocycles. The van der Waals surface area contributed by atoms with Crippen LogP contribution in [0.15, 0.2) is 50.0 Å². The molecule has 0 atom stereocenters. The van der Waals surface area contributed by atoms with Gasteiger partial charge in [0, 0.05) is 4.47 Å². The van der Waals surface area contributed by atoms with Crippen molar-refractivity contribution in [2.24, 2.45) is 0 Å². The molecule has 0 aliphatic heterocycles. The van der Waals surface area contributed by atoms with E-state index in [1.54, 1.807) is 25.5 Å². The molecule has 3 rings (SSSR count). The van der Waals surface area contributed by atoms with Gasteiger partial charge >= 0.3 is 0 Å². The quantitative estimate of drug-likeness (QED) is 0.735. The normalized spacial score (nSPS) is 10.6. The smallest absolute Gasteiger partial charge is 0.293 e. The maximum absolute atomic E-state index is 5.29. The summed E-state index contributed by atoms with van der Waals surface area (Å²) < 4.78 is 16.6. The van der Waals surface area contributed by atoms with Gasteiger partial charge in [-0.1, -0.05) is 21.1 Å². The fraction of sp³-hybridized carbons (Fsp3) is 0.0769. The van der Waals surface area contributed by atoms with Gasteiger partial charge in [-0.2, -0.15) is 4.98 Å². The van der Waals surface area contributed by atoms with Gasteiger partial charge in [0.1, 0.15) is 5.75 Å². The summed E-state index contributed by atoms with van der Waals surface area (Å²) in [4.78, 5) is 4.30. The van der Waals surface area contributed by atoms with Crippen LogP contribution in [0.2, 0.25) is 0 Å². The van der Waals surface area contributed by atoms with Crippen LogP contribution in [-0.4, -0.2) is 17.3 Å². The lowest BCUT2D eigenvalue weighted by molar-refractivity contribution is 0.410. The minimum absolute atomic E-state index is 0.335. The number of hydrogen-bond donors (Lipinski definition) is 0. The molecular formula is C13H9BrN2O3. The summed E-state index contributed by atoms with van der Waals surface area (Å²) in [6, 6.07) is 9.11. The van der Waals surface area contributed by atoms with E-state index in [-0.39, 0.29) is 0 Å². The molecule has 5 nitrogen and oxygen atoms in total. The van der Waals surface area contributed by atoms with Crippen LogP contribution in [0, 0.1) is 0 Å². The van der Waals surface area contributed by atoms with Crippen LogP contribution in [0.5, 0.6) is 5.75 Å². The van der Waals surface area contributed by atoms with Gasteiger partial charge in [-0.05, 0) is 30.3 Å². The van der Waals surface area contributed by atoms with E-state index in [1.165, 1.54) is 0 Å². The monoisotopic (exact) mass is 320 g/mol. The summed E-state index contributed by atoms with van der Waals surface area (Å²) in [6.07, 6.45) is 1.55. The molecule has 0 N–H and O–H groups in total. The molecule has 0 spiro atoms. The van der Waals surface area contributed by atoms with E-state index in [2.05, 4.69) is 26.1 Å². The molecule has 0 radical (unpaired) electrons. The second kappa shape index (κ2) is 4.89. The third-order valence-electron chi connectivity index (χ3n) is 2.56. The van der Waals surface area contributed by atoms with Gasteiger partial charge in [0.05, 0.1) is 18.9 Å². The maximum atomic E-state index is 5.29. The molecule has 0 bridgehead atoms. The number of rotatable bonds is 3. The maximum Gasteiger partial charge on any atom is 0.293 e. The molecule has 0 fully saturated rings. The predicted octanol–water partition coefficient (Wildman–Crippen LogP) is 3.77. The minimum Gasteiger partial charge on any atom is -0.496 e. The third-order valence-corrected chi connectivity index (χ3v) is 3.05. The summed E-state index contributed by atoms with van der Waals surface area (Å²) in [7, 11) is 1.60. The van der Waals surface area contributed by atoms with E-state index in [0.29, 0.717) is 23.2 Å². The Morgan fingerprint density at radius 3 is 2.89 bits per heavy atom. The van der Waals surface area contributed by atoms with Gasteiger partial charge in [-0.3, -0.25) is 0 Å². The highest BCUT2D eigenvalue weighted by molar-refractivity contribution is 9.10. The van der Waals surface area contributed by atoms with E-state index in [0.717, 1.165) is 10.0 Å². The van der Waals surface area contributed by atoms with Crippen molar-refractivity contribution < 1.29 is 13.7 Å². The number of halogens is 1. The van der Waals surface area contributed by atoms with Crippen LogP contribution in [0.1, 0.15) is 0 Å². The summed E-state index contributed by atoms with van der Waals surface area (Å²) in [5.74, 6) is 1.99. The van der Waals surface area contributed by atoms with Crippen molar-refractivity contribution in [3.8, 4) is 28.8 Å². The molecule has 0 saturated heterocycles. The van der Waals surface area contributed by atoms with Gasteiger partial charge in [0.25, 0.3) is 5.89 Å². The van der Waals surface area contributed by atoms with Crippen molar-refractivity contribution in [2.45, 2.75) is 0 Å². The topological polar surface area (TPSA) is 61.3 Å². The third kappa shape index (κ3) is 2.26. The molecule has 2 heterocycles. The molecule has 1 aromatic carbocycles. The largest absolute Gasteiger partial charge is 0.496 e. The molecular weight excluding hydrogens is 312 g/mol. The second-order valence-corrected chi connectivity index (χ2v) is 4.66. The number of nitrogens with zero attached hydrogens (tertiary/aromatic N) is 2. The first kappa shape index (κ1) is 12.0. The Labute approximate surface area is 117 Å². The summed E-state index contributed by atoms with van der Waals surface area (Å²) in [5, 5.41) is 3.95. The lowest BCUT2D eigenvalue weighted by atomic mass is 10.2. The first-order chi connectivity index (χ1) is 9.28. The average Bonchev–Trinajstić information content (AvgIpc) is 3.09. The fourth-order valence-electron chi connectivity index (χ4n) is 1.69. The molecule has 0 aliphatic rings. The van der Waals surface area contributed by atoms with E-state index in [9.17, 15) is 0 Å². The number of ether oxygens (including phenoxy) is 1. The van der Waals surface area contributed by atoms with Gasteiger partial charge in [-0.15, -0.1) is 0 Å². The highest BCUT2D eigenvalue weighted by atomic mass is 79.9. The molecule has 19 heavy (non-hydrogen) atoms. The molecule has 0 amide bonds. The van der Waals surface area contributed by atoms with Crippen LogP contribution in [0.25, 0.3) is 23.0 Å². The number of hydrogen-bond acceptors (Lipinski definition) is 5. The van der Waals surface area contributed by atoms with Crippen molar-refractivity contribution in [1.82, 2.24) is 10.1 Å². The van der Waals surface area contributed by atoms with E-state index in [4.69, 9.17) is 13.7 Å². The Hall–Kier alpha value is -2.08. The number of aromatic nitrogens is 2. The van der Waals surface area contributed by atoms with Crippen LogP contribution in [0.4, 0.5) is 0 Å². The highest BCUT2D eigenvalue weighted by Gasteiger charge is 2.16. The second-order valence-electron chi connectivity index (χ2n) is 3.75. The number of methoxy groups -OCH3 is 1. The SMILES string of the molecule is COc1ccc(Br)cc1-c1noc(-c2ccco2)n1. The van der Waals surface area contributed by atoms with Crippen molar-refractivity contribution >= 4 is 15.9 Å². The summed E-state index contributed by atoms with van der Waals surface area (Å²) in [6.45, 7) is 0. The van der Waals surface area contributed by atoms with Crippen LogP contribution < -0.4 is 4.74 Å². The van der Waals surface area contributed by atoms with E-state index >= 15 is 0 Å². The molecule has 96 valence electrons. The molecule has 0 saturated carbocycles. The first-order valence-electron chi connectivity index (χ1n) is 5.49. The van der Waals surface area contributed by atoms with Crippen LogP contribution >= 0.6 is 15.9 Å². The molecule has 2 aromatic heterocycles. The lowest BCUT2D eigenvalue weighted by Crippen LogP contribution is -1.89. The molecule has 6 heteroatoms. The van der Waals surface area contributed by atoms with Gasteiger partial charge in [0.2, 0.25) is 5.82 Å². The molecule has 3 aromatic rings. The summed E-state index contributed by atoms with van der Waals surface area (Å²) in [5.41, 5.74) is 0.749.